The SMILES string of the molecule is CCN1CCCCC1CNC(=O)CCC1CCNCC1.Cl.Cl. The fourth-order valence-electron chi connectivity index (χ4n) is 3.53. The molecule has 0 spiro atoms. The molecule has 0 aliphatic carbocycles. The van der Waals surface area contributed by atoms with E-state index in [-0.39, 0.29) is 30.7 Å². The molecule has 0 bridgehead atoms. The molecule has 1 atom stereocenters. The molecule has 0 radical (unpaired) electrons. The van der Waals surface area contributed by atoms with Gasteiger partial charge in [0.2, 0.25) is 5.91 Å². The molecule has 2 aliphatic heterocycles. The molecular weight excluding hydrogens is 321 g/mol. The van der Waals surface area contributed by atoms with Crippen molar-refractivity contribution >= 4 is 30.7 Å². The molecule has 0 saturated carbocycles. The van der Waals surface area contributed by atoms with Gasteiger partial charge in [-0.3, -0.25) is 9.69 Å². The van der Waals surface area contributed by atoms with Gasteiger partial charge in [-0.25, -0.2) is 0 Å². The fraction of sp³-hybridized carbons (Fsp3) is 0.938. The van der Waals surface area contributed by atoms with Gasteiger partial charge in [0.25, 0.3) is 0 Å². The Labute approximate surface area is 148 Å². The molecule has 4 nitrogen and oxygen atoms in total. The molecule has 6 heteroatoms. The second kappa shape index (κ2) is 12.4. The first-order valence-electron chi connectivity index (χ1n) is 8.51. The molecule has 0 aromatic rings. The van der Waals surface area contributed by atoms with E-state index in [0.717, 1.165) is 38.5 Å². The van der Waals surface area contributed by atoms with E-state index in [1.807, 2.05) is 0 Å². The zero-order chi connectivity index (χ0) is 14.2. The highest BCUT2D eigenvalue weighted by molar-refractivity contribution is 5.85. The smallest absolute Gasteiger partial charge is 0.220 e. The van der Waals surface area contributed by atoms with E-state index in [2.05, 4.69) is 22.5 Å². The second-order valence-corrected chi connectivity index (χ2v) is 6.31. The quantitative estimate of drug-likeness (QED) is 0.771. The van der Waals surface area contributed by atoms with E-state index >= 15 is 0 Å². The van der Waals surface area contributed by atoms with Gasteiger partial charge in [-0.1, -0.05) is 13.3 Å². The Balaban J connectivity index is 0.00000220. The number of nitrogens with one attached hydrogen (secondary N) is 2. The summed E-state index contributed by atoms with van der Waals surface area (Å²) < 4.78 is 0. The van der Waals surface area contributed by atoms with Crippen LogP contribution in [0.2, 0.25) is 0 Å². The number of rotatable bonds is 6. The van der Waals surface area contributed by atoms with Gasteiger partial charge in [-0.05, 0) is 64.2 Å². The maximum Gasteiger partial charge on any atom is 0.220 e. The van der Waals surface area contributed by atoms with Crippen LogP contribution in [0.15, 0.2) is 0 Å². The minimum absolute atomic E-state index is 0. The van der Waals surface area contributed by atoms with Gasteiger partial charge in [-0.15, -0.1) is 24.8 Å². The number of hydrogen-bond donors (Lipinski definition) is 2. The lowest BCUT2D eigenvalue weighted by Crippen LogP contribution is -2.46. The molecule has 2 heterocycles. The third kappa shape index (κ3) is 7.49. The van der Waals surface area contributed by atoms with Gasteiger partial charge >= 0.3 is 0 Å². The number of hydrogen-bond acceptors (Lipinski definition) is 3. The lowest BCUT2D eigenvalue weighted by Gasteiger charge is -2.34. The molecule has 2 aliphatic rings. The Morgan fingerprint density at radius 1 is 1.18 bits per heavy atom. The Bertz CT molecular complexity index is 299. The van der Waals surface area contributed by atoms with Crippen LogP contribution in [-0.4, -0.2) is 49.6 Å². The standard InChI is InChI=1S/C16H31N3O.2ClH/c1-2-19-12-4-3-5-15(19)13-18-16(20)7-6-14-8-10-17-11-9-14;;/h14-15,17H,2-13H2,1H3,(H,18,20);2*1H. The summed E-state index contributed by atoms with van der Waals surface area (Å²) in [4.78, 5) is 14.5. The van der Waals surface area contributed by atoms with Crippen LogP contribution in [0.5, 0.6) is 0 Å². The predicted octanol–water partition coefficient (Wildman–Crippen LogP) is 2.60. The van der Waals surface area contributed by atoms with Crippen LogP contribution in [-0.2, 0) is 4.79 Å². The van der Waals surface area contributed by atoms with Crippen molar-refractivity contribution in [2.75, 3.05) is 32.7 Å². The predicted molar refractivity (Wildman–Crippen MR) is 97.2 cm³/mol. The Morgan fingerprint density at radius 2 is 1.91 bits per heavy atom. The maximum atomic E-state index is 12.0. The summed E-state index contributed by atoms with van der Waals surface area (Å²) in [5.74, 6) is 1.01. The van der Waals surface area contributed by atoms with Crippen molar-refractivity contribution in [2.24, 2.45) is 5.92 Å². The average Bonchev–Trinajstić information content (AvgIpc) is 2.52. The lowest BCUT2D eigenvalue weighted by atomic mass is 9.93. The normalized spacial score (nSPS) is 23.2. The minimum Gasteiger partial charge on any atom is -0.355 e. The topological polar surface area (TPSA) is 44.4 Å². The molecule has 1 amide bonds. The number of carbonyl (C=O) groups is 1. The third-order valence-corrected chi connectivity index (χ3v) is 4.93. The van der Waals surface area contributed by atoms with Crippen LogP contribution in [0.4, 0.5) is 0 Å². The first-order chi connectivity index (χ1) is 9.79. The maximum absolute atomic E-state index is 12.0. The van der Waals surface area contributed by atoms with E-state index in [4.69, 9.17) is 0 Å². The Morgan fingerprint density at radius 3 is 2.59 bits per heavy atom. The molecule has 2 fully saturated rings. The molecule has 0 aromatic heterocycles. The third-order valence-electron chi connectivity index (χ3n) is 4.93. The number of likely N-dealkylation sites (tertiary alicyclic amines) is 1. The van der Waals surface area contributed by atoms with Crippen molar-refractivity contribution in [3.8, 4) is 0 Å². The summed E-state index contributed by atoms with van der Waals surface area (Å²) in [5, 5.41) is 6.54. The Hall–Kier alpha value is -0.0300. The average molecular weight is 354 g/mol. The largest absolute Gasteiger partial charge is 0.355 e. The van der Waals surface area contributed by atoms with Crippen molar-refractivity contribution in [3.63, 3.8) is 0 Å². The van der Waals surface area contributed by atoms with Gasteiger partial charge in [-0.2, -0.15) is 0 Å². The fourth-order valence-corrected chi connectivity index (χ4v) is 3.53. The summed E-state index contributed by atoms with van der Waals surface area (Å²) in [7, 11) is 0. The second-order valence-electron chi connectivity index (χ2n) is 6.31. The van der Waals surface area contributed by atoms with E-state index < -0.39 is 0 Å². The van der Waals surface area contributed by atoms with Gasteiger partial charge in [0.05, 0.1) is 0 Å². The molecule has 2 rings (SSSR count). The van der Waals surface area contributed by atoms with Crippen LogP contribution in [0.3, 0.4) is 0 Å². The van der Waals surface area contributed by atoms with E-state index in [9.17, 15) is 4.79 Å². The monoisotopic (exact) mass is 353 g/mol. The summed E-state index contributed by atoms with van der Waals surface area (Å²) in [6.45, 7) is 7.62. The van der Waals surface area contributed by atoms with Crippen molar-refractivity contribution in [1.29, 1.82) is 0 Å². The first kappa shape index (κ1) is 22.0. The van der Waals surface area contributed by atoms with Crippen molar-refractivity contribution in [3.05, 3.63) is 0 Å². The van der Waals surface area contributed by atoms with E-state index in [1.165, 1.54) is 38.6 Å². The number of likely N-dealkylation sites (N-methyl/N-ethyl adjacent to an activating group) is 1. The zero-order valence-electron chi connectivity index (χ0n) is 13.8. The summed E-state index contributed by atoms with van der Waals surface area (Å²) in [6, 6.07) is 0.566. The van der Waals surface area contributed by atoms with Gasteiger partial charge < -0.3 is 10.6 Å². The van der Waals surface area contributed by atoms with E-state index in [1.54, 1.807) is 0 Å². The zero-order valence-corrected chi connectivity index (χ0v) is 15.4. The van der Waals surface area contributed by atoms with Gasteiger partial charge in [0, 0.05) is 19.0 Å². The van der Waals surface area contributed by atoms with Crippen LogP contribution >= 0.6 is 24.8 Å². The highest BCUT2D eigenvalue weighted by Gasteiger charge is 2.21. The number of piperidine rings is 2. The molecular formula is C16H33Cl2N3O. The van der Waals surface area contributed by atoms with Crippen LogP contribution in [0.25, 0.3) is 0 Å². The highest BCUT2D eigenvalue weighted by Crippen LogP contribution is 2.18. The lowest BCUT2D eigenvalue weighted by molar-refractivity contribution is -0.121. The summed E-state index contributed by atoms with van der Waals surface area (Å²) in [6.07, 6.45) is 8.11. The Kier molecular flexibility index (Phi) is 12.4. The molecule has 1 unspecified atom stereocenters. The first-order valence-corrected chi connectivity index (χ1v) is 8.51. The van der Waals surface area contributed by atoms with Gasteiger partial charge in [0.1, 0.15) is 0 Å². The molecule has 22 heavy (non-hydrogen) atoms. The highest BCUT2D eigenvalue weighted by atomic mass is 35.5. The van der Waals surface area contributed by atoms with Crippen molar-refractivity contribution < 1.29 is 4.79 Å². The summed E-state index contributed by atoms with van der Waals surface area (Å²) in [5.41, 5.74) is 0. The number of carbonyl (C=O) groups excluding carboxylic acids is 1. The molecule has 2 N–H and O–H groups in total. The number of halogens is 2. The number of nitrogens with zero attached hydrogens (tertiary/aromatic N) is 1. The van der Waals surface area contributed by atoms with Crippen LogP contribution in [0.1, 0.15) is 51.9 Å². The molecule has 132 valence electrons. The van der Waals surface area contributed by atoms with E-state index in [0.29, 0.717) is 12.5 Å². The van der Waals surface area contributed by atoms with Gasteiger partial charge in [0.15, 0.2) is 0 Å². The molecule has 2 saturated heterocycles. The van der Waals surface area contributed by atoms with Crippen LogP contribution in [0, 0.1) is 5.92 Å². The minimum atomic E-state index is 0. The number of amides is 1. The van der Waals surface area contributed by atoms with Crippen molar-refractivity contribution in [2.45, 2.75) is 57.9 Å². The summed E-state index contributed by atoms with van der Waals surface area (Å²) >= 11 is 0. The molecule has 0 aromatic carbocycles. The van der Waals surface area contributed by atoms with Crippen molar-refractivity contribution in [1.82, 2.24) is 15.5 Å². The van der Waals surface area contributed by atoms with Crippen LogP contribution < -0.4 is 10.6 Å².